The number of carbonyl (C=O) groups is 2. The van der Waals surface area contributed by atoms with Gasteiger partial charge in [-0.15, -0.1) is 0 Å². The van der Waals surface area contributed by atoms with Crippen LogP contribution < -0.4 is 10.1 Å². The first kappa shape index (κ1) is 29.2. The van der Waals surface area contributed by atoms with Crippen LogP contribution >= 0.6 is 0 Å². The van der Waals surface area contributed by atoms with E-state index in [1.165, 1.54) is 44.1 Å². The molecular formula is C32H37F3N2O4. The molecule has 1 aliphatic heterocycles. The highest BCUT2D eigenvalue weighted by Gasteiger charge is 2.61. The Kier molecular flexibility index (Phi) is 8.19. The second kappa shape index (κ2) is 11.5. The number of carbonyl (C=O) groups excluding carboxylic acids is 2. The summed E-state index contributed by atoms with van der Waals surface area (Å²) in [6, 6.07) is 12.5. The molecule has 3 atom stereocenters. The molecule has 0 spiro atoms. The summed E-state index contributed by atoms with van der Waals surface area (Å²) < 4.78 is 51.1. The van der Waals surface area contributed by atoms with Crippen LogP contribution in [0, 0.1) is 5.92 Å². The van der Waals surface area contributed by atoms with E-state index in [0.29, 0.717) is 43.0 Å². The number of nitrogens with zero attached hydrogens (tertiary/aromatic N) is 1. The summed E-state index contributed by atoms with van der Waals surface area (Å²) in [6.45, 7) is 3.94. The van der Waals surface area contributed by atoms with Crippen molar-refractivity contribution in [1.29, 1.82) is 0 Å². The van der Waals surface area contributed by atoms with E-state index in [-0.39, 0.29) is 17.9 Å². The molecule has 3 unspecified atom stereocenters. The van der Waals surface area contributed by atoms with Crippen LogP contribution in [0.2, 0.25) is 0 Å². The molecule has 2 aliphatic carbocycles. The Morgan fingerprint density at radius 2 is 1.88 bits per heavy atom. The first-order valence-corrected chi connectivity index (χ1v) is 14.2. The molecule has 0 aromatic heterocycles. The third-order valence-electron chi connectivity index (χ3n) is 8.86. The number of alkyl halides is 3. The Labute approximate surface area is 238 Å². The van der Waals surface area contributed by atoms with Crippen LogP contribution in [-0.2, 0) is 25.9 Å². The largest absolute Gasteiger partial charge is 0.497 e. The number of amides is 1. The molecule has 2 aromatic carbocycles. The van der Waals surface area contributed by atoms with Crippen molar-refractivity contribution in [2.24, 2.45) is 5.92 Å². The summed E-state index contributed by atoms with van der Waals surface area (Å²) in [5.41, 5.74) is -0.754. The average molecular weight is 571 g/mol. The van der Waals surface area contributed by atoms with E-state index >= 15 is 0 Å². The lowest BCUT2D eigenvalue weighted by molar-refractivity contribution is -0.187. The lowest BCUT2D eigenvalue weighted by atomic mass is 9.55. The minimum atomic E-state index is -4.45. The lowest BCUT2D eigenvalue weighted by Gasteiger charge is -2.59. The number of nitrogens with one attached hydrogen (secondary N) is 1. The predicted octanol–water partition coefficient (Wildman–Crippen LogP) is 5.75. The van der Waals surface area contributed by atoms with Gasteiger partial charge in [0.05, 0.1) is 12.7 Å². The zero-order valence-corrected chi connectivity index (χ0v) is 23.5. The molecule has 2 saturated carbocycles. The van der Waals surface area contributed by atoms with Gasteiger partial charge in [-0.05, 0) is 92.5 Å². The Balaban J connectivity index is 1.40. The molecule has 1 heterocycles. The van der Waals surface area contributed by atoms with E-state index < -0.39 is 22.8 Å². The number of hydrogen-bond donors (Lipinski definition) is 1. The second-order valence-electron chi connectivity index (χ2n) is 11.7. The standard InChI is InChI=1S/C32H37F3N2O4/c1-22(38)41-31-14-13-27(36-29(39)12-11-23-5-3-7-26(17-23)32(33,34)35)19-30(31,25-6-4-8-28(18-25)40-2)15-16-37(21-31)20-24-9-10-24/h3-8,11-12,17-18,24,27H,9-10,13-16,19-21H2,1-2H3,(H,36,39). The van der Waals surface area contributed by atoms with E-state index in [0.717, 1.165) is 37.2 Å². The number of hydrogen-bond acceptors (Lipinski definition) is 5. The topological polar surface area (TPSA) is 67.9 Å². The summed E-state index contributed by atoms with van der Waals surface area (Å²) in [6.07, 6.45) is 3.20. The van der Waals surface area contributed by atoms with Crippen molar-refractivity contribution < 1.29 is 32.2 Å². The molecule has 3 aliphatic rings. The Bertz CT molecular complexity index is 1310. The minimum Gasteiger partial charge on any atom is -0.497 e. The molecule has 1 N–H and O–H groups in total. The van der Waals surface area contributed by atoms with Crippen molar-refractivity contribution in [3.63, 3.8) is 0 Å². The van der Waals surface area contributed by atoms with Gasteiger partial charge in [0, 0.05) is 37.5 Å². The van der Waals surface area contributed by atoms with Crippen molar-refractivity contribution in [1.82, 2.24) is 10.2 Å². The molecule has 0 bridgehead atoms. The van der Waals surface area contributed by atoms with Crippen LogP contribution in [0.25, 0.3) is 6.08 Å². The number of fused-ring (bicyclic) bond motifs is 1. The SMILES string of the molecule is COc1cccc(C23CCN(CC4CC4)CC2(OC(C)=O)CCC(NC(=O)C=Cc2cccc(C(F)(F)F)c2)C3)c1. The van der Waals surface area contributed by atoms with Gasteiger partial charge in [-0.25, -0.2) is 0 Å². The molecule has 9 heteroatoms. The molecule has 220 valence electrons. The van der Waals surface area contributed by atoms with Crippen LogP contribution in [0.5, 0.6) is 5.75 Å². The van der Waals surface area contributed by atoms with Crippen molar-refractivity contribution in [2.75, 3.05) is 26.7 Å². The zero-order valence-electron chi connectivity index (χ0n) is 23.5. The highest BCUT2D eigenvalue weighted by Crippen LogP contribution is 2.54. The van der Waals surface area contributed by atoms with Crippen LogP contribution in [0.4, 0.5) is 13.2 Å². The summed E-state index contributed by atoms with van der Waals surface area (Å²) >= 11 is 0. The van der Waals surface area contributed by atoms with E-state index in [1.807, 2.05) is 18.2 Å². The maximum atomic E-state index is 13.1. The fourth-order valence-electron chi connectivity index (χ4n) is 6.79. The number of likely N-dealkylation sites (tertiary alicyclic amines) is 1. The van der Waals surface area contributed by atoms with E-state index in [9.17, 15) is 22.8 Å². The average Bonchev–Trinajstić information content (AvgIpc) is 3.75. The summed E-state index contributed by atoms with van der Waals surface area (Å²) in [7, 11) is 1.62. The quantitative estimate of drug-likeness (QED) is 0.323. The molecule has 41 heavy (non-hydrogen) atoms. The first-order valence-electron chi connectivity index (χ1n) is 14.2. The number of benzene rings is 2. The third-order valence-corrected chi connectivity index (χ3v) is 8.86. The monoisotopic (exact) mass is 570 g/mol. The van der Waals surface area contributed by atoms with Crippen LogP contribution in [0.1, 0.15) is 62.1 Å². The van der Waals surface area contributed by atoms with Crippen molar-refractivity contribution in [3.05, 3.63) is 71.3 Å². The van der Waals surface area contributed by atoms with Crippen LogP contribution in [-0.4, -0.2) is 55.2 Å². The highest BCUT2D eigenvalue weighted by atomic mass is 19.4. The second-order valence-corrected chi connectivity index (χ2v) is 11.7. The van der Waals surface area contributed by atoms with Crippen molar-refractivity contribution in [2.45, 2.75) is 68.7 Å². The number of ether oxygens (including phenoxy) is 2. The summed E-state index contributed by atoms with van der Waals surface area (Å²) in [5, 5.41) is 3.08. The van der Waals surface area contributed by atoms with Gasteiger partial charge < -0.3 is 14.8 Å². The Hall–Kier alpha value is -3.33. The number of esters is 1. The highest BCUT2D eigenvalue weighted by molar-refractivity contribution is 5.92. The zero-order chi connectivity index (χ0) is 29.3. The molecule has 1 saturated heterocycles. The number of rotatable bonds is 8. The fraction of sp³-hybridized carbons (Fsp3) is 0.500. The van der Waals surface area contributed by atoms with Gasteiger partial charge in [-0.3, -0.25) is 14.5 Å². The smallest absolute Gasteiger partial charge is 0.416 e. The van der Waals surface area contributed by atoms with E-state index in [4.69, 9.17) is 9.47 Å². The first-order chi connectivity index (χ1) is 19.5. The van der Waals surface area contributed by atoms with E-state index in [2.05, 4.69) is 16.3 Å². The molecule has 6 nitrogen and oxygen atoms in total. The van der Waals surface area contributed by atoms with Crippen LogP contribution in [0.3, 0.4) is 0 Å². The Morgan fingerprint density at radius 1 is 1.10 bits per heavy atom. The maximum Gasteiger partial charge on any atom is 0.416 e. The molecule has 5 rings (SSSR count). The van der Waals surface area contributed by atoms with Crippen molar-refractivity contribution in [3.8, 4) is 5.75 Å². The van der Waals surface area contributed by atoms with Gasteiger partial charge in [-0.1, -0.05) is 24.3 Å². The lowest BCUT2D eigenvalue weighted by Crippen LogP contribution is -2.68. The van der Waals surface area contributed by atoms with Gasteiger partial charge in [0.25, 0.3) is 0 Å². The normalized spacial score (nSPS) is 26.8. The molecule has 2 aromatic rings. The summed E-state index contributed by atoms with van der Waals surface area (Å²) in [4.78, 5) is 27.9. The van der Waals surface area contributed by atoms with Gasteiger partial charge in [0.2, 0.25) is 5.91 Å². The van der Waals surface area contributed by atoms with Gasteiger partial charge in [0.15, 0.2) is 0 Å². The Morgan fingerprint density at radius 3 is 2.59 bits per heavy atom. The van der Waals surface area contributed by atoms with Gasteiger partial charge >= 0.3 is 12.1 Å². The minimum absolute atomic E-state index is 0.210. The van der Waals surface area contributed by atoms with Gasteiger partial charge in [0.1, 0.15) is 11.4 Å². The number of halogens is 3. The molecule has 0 radical (unpaired) electrons. The van der Waals surface area contributed by atoms with Gasteiger partial charge in [-0.2, -0.15) is 13.2 Å². The van der Waals surface area contributed by atoms with Crippen LogP contribution in [0.15, 0.2) is 54.6 Å². The number of methoxy groups -OCH3 is 1. The maximum absolute atomic E-state index is 13.1. The molecular weight excluding hydrogens is 533 g/mol. The van der Waals surface area contributed by atoms with Crippen molar-refractivity contribution >= 4 is 18.0 Å². The third kappa shape index (κ3) is 6.45. The fourth-order valence-corrected chi connectivity index (χ4v) is 6.79. The van der Waals surface area contributed by atoms with E-state index in [1.54, 1.807) is 7.11 Å². The molecule has 3 fully saturated rings. The predicted molar refractivity (Wildman–Crippen MR) is 149 cm³/mol. The number of piperidine rings is 1. The summed E-state index contributed by atoms with van der Waals surface area (Å²) in [5.74, 6) is 0.716. The molecule has 1 amide bonds.